The van der Waals surface area contributed by atoms with Crippen LogP contribution in [0.1, 0.15) is 42.4 Å². The molecule has 0 aliphatic heterocycles. The van der Waals surface area contributed by atoms with Crippen molar-refractivity contribution in [2.45, 2.75) is 38.5 Å². The van der Waals surface area contributed by atoms with E-state index in [0.717, 1.165) is 36.5 Å². The van der Waals surface area contributed by atoms with Crippen molar-refractivity contribution in [1.82, 2.24) is 9.55 Å². The van der Waals surface area contributed by atoms with Crippen LogP contribution in [0.15, 0.2) is 0 Å². The Hall–Kier alpha value is -1.32. The van der Waals surface area contributed by atoms with Gasteiger partial charge in [0.15, 0.2) is 0 Å². The van der Waals surface area contributed by atoms with Crippen LogP contribution >= 0.6 is 0 Å². The van der Waals surface area contributed by atoms with Crippen LogP contribution in [0, 0.1) is 6.92 Å². The lowest BCUT2D eigenvalue weighted by Crippen LogP contribution is -2.16. The molecule has 1 atom stereocenters. The molecule has 0 fully saturated rings. The second-order valence-corrected chi connectivity index (χ2v) is 4.24. The van der Waals surface area contributed by atoms with Crippen molar-refractivity contribution in [1.29, 1.82) is 0 Å². The lowest BCUT2D eigenvalue weighted by molar-refractivity contribution is -0.137. The van der Waals surface area contributed by atoms with Gasteiger partial charge < -0.3 is 9.67 Å². The molecule has 2 rings (SSSR count). The summed E-state index contributed by atoms with van der Waals surface area (Å²) in [6, 6.07) is 0. The van der Waals surface area contributed by atoms with Crippen LogP contribution in [0.5, 0.6) is 0 Å². The highest BCUT2D eigenvalue weighted by molar-refractivity contribution is 5.68. The smallest absolute Gasteiger partial charge is 0.304 e. The van der Waals surface area contributed by atoms with Gasteiger partial charge in [-0.05, 0) is 26.2 Å². The summed E-state index contributed by atoms with van der Waals surface area (Å²) in [5.41, 5.74) is 2.24. The number of rotatable bonds is 2. The molecule has 0 spiro atoms. The number of hydrogen-bond acceptors (Lipinski definition) is 2. The lowest BCUT2D eigenvalue weighted by Gasteiger charge is -2.21. The molecule has 1 aromatic heterocycles. The van der Waals surface area contributed by atoms with Crippen molar-refractivity contribution in [3.63, 3.8) is 0 Å². The summed E-state index contributed by atoms with van der Waals surface area (Å²) in [7, 11) is 1.97. The zero-order valence-corrected chi connectivity index (χ0v) is 9.16. The molecule has 0 saturated carbocycles. The zero-order valence-electron chi connectivity index (χ0n) is 9.16. The Kier molecular flexibility index (Phi) is 2.50. The minimum Gasteiger partial charge on any atom is -0.481 e. The fraction of sp³-hybridized carbons (Fsp3) is 0.636. The van der Waals surface area contributed by atoms with Gasteiger partial charge in [-0.25, -0.2) is 4.98 Å². The second kappa shape index (κ2) is 3.68. The predicted octanol–water partition coefficient (Wildman–Crippen LogP) is 1.62. The molecule has 1 N–H and O–H groups in total. The summed E-state index contributed by atoms with van der Waals surface area (Å²) in [5, 5.41) is 8.86. The molecule has 82 valence electrons. The molecular weight excluding hydrogens is 192 g/mol. The molecule has 1 unspecified atom stereocenters. The third-order valence-electron chi connectivity index (χ3n) is 3.21. The maximum atomic E-state index is 10.8. The lowest BCUT2D eigenvalue weighted by atomic mass is 9.87. The quantitative estimate of drug-likeness (QED) is 0.803. The summed E-state index contributed by atoms with van der Waals surface area (Å²) in [6.07, 6.45) is 3.25. The number of hydrogen-bond donors (Lipinski definition) is 1. The molecule has 4 nitrogen and oxygen atoms in total. The van der Waals surface area contributed by atoms with Crippen LogP contribution < -0.4 is 0 Å². The maximum Gasteiger partial charge on any atom is 0.304 e. The number of aromatic nitrogens is 2. The topological polar surface area (TPSA) is 55.1 Å². The molecule has 1 aliphatic rings. The van der Waals surface area contributed by atoms with Crippen LogP contribution in [-0.4, -0.2) is 20.6 Å². The van der Waals surface area contributed by atoms with Gasteiger partial charge in [-0.2, -0.15) is 0 Å². The summed E-state index contributed by atoms with van der Waals surface area (Å²) < 4.78 is 2.04. The van der Waals surface area contributed by atoms with Crippen LogP contribution in [0.2, 0.25) is 0 Å². The number of carbonyl (C=O) groups is 1. The molecule has 0 saturated heterocycles. The van der Waals surface area contributed by atoms with Gasteiger partial charge in [0.05, 0.1) is 12.1 Å². The normalized spacial score (nSPS) is 20.0. The van der Waals surface area contributed by atoms with Crippen molar-refractivity contribution >= 4 is 5.97 Å². The zero-order chi connectivity index (χ0) is 11.0. The van der Waals surface area contributed by atoms with E-state index < -0.39 is 5.97 Å². The van der Waals surface area contributed by atoms with Gasteiger partial charge in [0.1, 0.15) is 5.82 Å². The molecule has 0 bridgehead atoms. The minimum absolute atomic E-state index is 0.150. The average Bonchev–Trinajstić information content (AvgIpc) is 2.43. The molecule has 0 aromatic carbocycles. The Morgan fingerprint density at radius 1 is 1.67 bits per heavy atom. The van der Waals surface area contributed by atoms with Crippen LogP contribution in [0.25, 0.3) is 0 Å². The number of carboxylic acids is 1. The van der Waals surface area contributed by atoms with E-state index in [4.69, 9.17) is 5.11 Å². The Morgan fingerprint density at radius 3 is 3.07 bits per heavy atom. The molecular formula is C11H16N2O2. The SMILES string of the molecule is Cc1nc2c(n1C)C(CC(=O)O)CCC2. The van der Waals surface area contributed by atoms with Crippen molar-refractivity contribution < 1.29 is 9.90 Å². The van der Waals surface area contributed by atoms with E-state index in [1.165, 1.54) is 0 Å². The van der Waals surface area contributed by atoms with E-state index in [1.807, 2.05) is 18.5 Å². The fourth-order valence-electron chi connectivity index (χ4n) is 2.45. The summed E-state index contributed by atoms with van der Waals surface area (Å²) in [5.74, 6) is 0.418. The molecule has 1 aromatic rings. The standard InChI is InChI=1S/C11H16N2O2/c1-7-12-9-5-3-4-8(6-10(14)15)11(9)13(7)2/h8H,3-6H2,1-2H3,(H,14,15). The molecule has 1 aliphatic carbocycles. The van der Waals surface area contributed by atoms with Crippen molar-refractivity contribution in [2.24, 2.45) is 7.05 Å². The molecule has 0 radical (unpaired) electrons. The van der Waals surface area contributed by atoms with Gasteiger partial charge in [-0.1, -0.05) is 0 Å². The maximum absolute atomic E-state index is 10.8. The van der Waals surface area contributed by atoms with Crippen LogP contribution in [0.3, 0.4) is 0 Å². The third kappa shape index (κ3) is 1.76. The first-order valence-electron chi connectivity index (χ1n) is 5.33. The van der Waals surface area contributed by atoms with Gasteiger partial charge in [-0.15, -0.1) is 0 Å². The van der Waals surface area contributed by atoms with Gasteiger partial charge in [0.2, 0.25) is 0 Å². The minimum atomic E-state index is -0.716. The predicted molar refractivity (Wildman–Crippen MR) is 55.9 cm³/mol. The van der Waals surface area contributed by atoms with Crippen LogP contribution in [0.4, 0.5) is 0 Å². The van der Waals surface area contributed by atoms with E-state index in [2.05, 4.69) is 4.98 Å². The highest BCUT2D eigenvalue weighted by atomic mass is 16.4. The largest absolute Gasteiger partial charge is 0.481 e. The summed E-state index contributed by atoms with van der Waals surface area (Å²) in [6.45, 7) is 1.97. The van der Waals surface area contributed by atoms with Gasteiger partial charge in [0, 0.05) is 18.7 Å². The Balaban J connectivity index is 2.36. The van der Waals surface area contributed by atoms with E-state index in [0.29, 0.717) is 0 Å². The molecule has 15 heavy (non-hydrogen) atoms. The molecule has 1 heterocycles. The second-order valence-electron chi connectivity index (χ2n) is 4.24. The number of aliphatic carboxylic acids is 1. The van der Waals surface area contributed by atoms with E-state index in [-0.39, 0.29) is 12.3 Å². The number of nitrogens with zero attached hydrogens (tertiary/aromatic N) is 2. The van der Waals surface area contributed by atoms with Gasteiger partial charge >= 0.3 is 5.97 Å². The monoisotopic (exact) mass is 208 g/mol. The van der Waals surface area contributed by atoms with Gasteiger partial charge in [-0.3, -0.25) is 4.79 Å². The van der Waals surface area contributed by atoms with E-state index in [1.54, 1.807) is 0 Å². The highest BCUT2D eigenvalue weighted by Gasteiger charge is 2.27. The molecule has 4 heteroatoms. The number of carboxylic acid groups (broad SMARTS) is 1. The fourth-order valence-corrected chi connectivity index (χ4v) is 2.45. The first-order valence-corrected chi connectivity index (χ1v) is 5.33. The Morgan fingerprint density at radius 2 is 2.40 bits per heavy atom. The molecule has 0 amide bonds. The average molecular weight is 208 g/mol. The van der Waals surface area contributed by atoms with Gasteiger partial charge in [0.25, 0.3) is 0 Å². The summed E-state index contributed by atoms with van der Waals surface area (Å²) in [4.78, 5) is 15.2. The van der Waals surface area contributed by atoms with Crippen LogP contribution in [-0.2, 0) is 18.3 Å². The van der Waals surface area contributed by atoms with Crippen molar-refractivity contribution in [3.8, 4) is 0 Å². The van der Waals surface area contributed by atoms with E-state index in [9.17, 15) is 4.79 Å². The van der Waals surface area contributed by atoms with E-state index >= 15 is 0 Å². The first kappa shape index (κ1) is 10.2. The van der Waals surface area contributed by atoms with Crippen molar-refractivity contribution in [2.75, 3.05) is 0 Å². The Bertz CT molecular complexity index is 396. The summed E-state index contributed by atoms with van der Waals surface area (Å²) >= 11 is 0. The third-order valence-corrected chi connectivity index (χ3v) is 3.21. The number of aryl methyl sites for hydroxylation is 2. The number of fused-ring (bicyclic) bond motifs is 1. The highest BCUT2D eigenvalue weighted by Crippen LogP contribution is 2.33. The van der Waals surface area contributed by atoms with Crippen molar-refractivity contribution in [3.05, 3.63) is 17.2 Å². The number of imidazole rings is 1. The Labute approximate surface area is 88.9 Å². The first-order chi connectivity index (χ1) is 7.09.